The van der Waals surface area contributed by atoms with Crippen molar-refractivity contribution < 1.29 is 0 Å². The van der Waals surface area contributed by atoms with Crippen molar-refractivity contribution in [2.75, 3.05) is 0 Å². The minimum absolute atomic E-state index is 0.155. The molecule has 0 unspecified atom stereocenters. The Morgan fingerprint density at radius 1 is 1.12 bits per heavy atom. The van der Waals surface area contributed by atoms with E-state index >= 15 is 0 Å². The first-order valence-corrected chi connectivity index (χ1v) is 7.06. The van der Waals surface area contributed by atoms with Crippen LogP contribution in [-0.4, -0.2) is 11.6 Å². The molecule has 0 aromatic rings. The van der Waals surface area contributed by atoms with E-state index in [9.17, 15) is 0 Å². The molecule has 1 heteroatoms. The lowest BCUT2D eigenvalue weighted by Crippen LogP contribution is -2.47. The minimum Gasteiger partial charge on any atom is -0.299 e. The summed E-state index contributed by atoms with van der Waals surface area (Å²) in [5, 5.41) is 3.60. The van der Waals surface area contributed by atoms with Crippen LogP contribution >= 0.6 is 0 Å². The third-order valence-electron chi connectivity index (χ3n) is 4.67. The number of terminal acetylenes is 1. The Bertz CT molecular complexity index is 274. The minimum atomic E-state index is -0.155. The lowest BCUT2D eigenvalue weighted by atomic mass is 9.69. The summed E-state index contributed by atoms with van der Waals surface area (Å²) in [6.45, 7) is 11.3. The standard InChI is InChI=1S/C16H29N/c1-7-15(3,4)13-9-11-14(12-10-13)17-16(5,6)8-2/h2,13-14,17H,7,9-12H2,1,3-6H3. The monoisotopic (exact) mass is 235 g/mol. The number of hydrogen-bond donors (Lipinski definition) is 1. The molecular formula is C16H29N. The molecule has 0 heterocycles. The van der Waals surface area contributed by atoms with Crippen LogP contribution < -0.4 is 5.32 Å². The summed E-state index contributed by atoms with van der Waals surface area (Å²) in [5.74, 6) is 3.72. The molecule has 17 heavy (non-hydrogen) atoms. The predicted molar refractivity (Wildman–Crippen MR) is 75.9 cm³/mol. The molecule has 0 radical (unpaired) electrons. The summed E-state index contributed by atoms with van der Waals surface area (Å²) in [6.07, 6.45) is 12.1. The summed E-state index contributed by atoms with van der Waals surface area (Å²) < 4.78 is 0. The SMILES string of the molecule is C#CC(C)(C)NC1CCC(C(C)(C)CC)CC1. The third kappa shape index (κ3) is 4.03. The lowest BCUT2D eigenvalue weighted by Gasteiger charge is -2.40. The van der Waals surface area contributed by atoms with E-state index in [2.05, 4.69) is 45.9 Å². The van der Waals surface area contributed by atoms with Gasteiger partial charge in [0.25, 0.3) is 0 Å². The maximum Gasteiger partial charge on any atom is 0.0743 e. The van der Waals surface area contributed by atoms with E-state index in [1.165, 1.54) is 32.1 Å². The first-order valence-electron chi connectivity index (χ1n) is 7.06. The quantitative estimate of drug-likeness (QED) is 0.727. The van der Waals surface area contributed by atoms with Crippen LogP contribution in [-0.2, 0) is 0 Å². The second kappa shape index (κ2) is 5.44. The highest BCUT2D eigenvalue weighted by Crippen LogP contribution is 2.40. The zero-order valence-electron chi connectivity index (χ0n) is 12.3. The Hall–Kier alpha value is -0.480. The fourth-order valence-corrected chi connectivity index (χ4v) is 2.86. The van der Waals surface area contributed by atoms with Crippen molar-refractivity contribution in [2.24, 2.45) is 11.3 Å². The van der Waals surface area contributed by atoms with Gasteiger partial charge in [-0.25, -0.2) is 0 Å². The summed E-state index contributed by atoms with van der Waals surface area (Å²) in [6, 6.07) is 0.616. The Kier molecular flexibility index (Phi) is 4.67. The molecule has 0 saturated heterocycles. The molecule has 0 spiro atoms. The van der Waals surface area contributed by atoms with E-state index in [0.29, 0.717) is 11.5 Å². The van der Waals surface area contributed by atoms with Gasteiger partial charge in [0.15, 0.2) is 0 Å². The molecule has 1 saturated carbocycles. The van der Waals surface area contributed by atoms with Gasteiger partial charge in [0.05, 0.1) is 5.54 Å². The Balaban J connectivity index is 2.45. The van der Waals surface area contributed by atoms with Gasteiger partial charge in [-0.05, 0) is 50.9 Å². The van der Waals surface area contributed by atoms with Crippen LogP contribution in [0.2, 0.25) is 0 Å². The van der Waals surface area contributed by atoms with E-state index in [1.807, 2.05) is 0 Å². The highest BCUT2D eigenvalue weighted by atomic mass is 15.0. The molecular weight excluding hydrogens is 206 g/mol. The zero-order chi connectivity index (χ0) is 13.1. The van der Waals surface area contributed by atoms with Crippen molar-refractivity contribution >= 4 is 0 Å². The van der Waals surface area contributed by atoms with E-state index in [1.54, 1.807) is 0 Å². The van der Waals surface area contributed by atoms with Gasteiger partial charge in [-0.1, -0.05) is 33.1 Å². The first kappa shape index (κ1) is 14.6. The fourth-order valence-electron chi connectivity index (χ4n) is 2.86. The molecule has 1 aliphatic carbocycles. The van der Waals surface area contributed by atoms with Crippen molar-refractivity contribution in [1.29, 1.82) is 0 Å². The highest BCUT2D eigenvalue weighted by Gasteiger charge is 2.32. The van der Waals surface area contributed by atoms with Gasteiger partial charge in [0, 0.05) is 6.04 Å². The van der Waals surface area contributed by atoms with E-state index in [-0.39, 0.29) is 5.54 Å². The van der Waals surface area contributed by atoms with Gasteiger partial charge < -0.3 is 0 Å². The van der Waals surface area contributed by atoms with Crippen LogP contribution in [0.1, 0.15) is 66.7 Å². The topological polar surface area (TPSA) is 12.0 Å². The molecule has 1 fully saturated rings. The number of rotatable bonds is 4. The number of nitrogens with one attached hydrogen (secondary N) is 1. The summed E-state index contributed by atoms with van der Waals surface area (Å²) in [4.78, 5) is 0. The lowest BCUT2D eigenvalue weighted by molar-refractivity contribution is 0.132. The molecule has 1 rings (SSSR count). The van der Waals surface area contributed by atoms with Crippen molar-refractivity contribution in [3.8, 4) is 12.3 Å². The van der Waals surface area contributed by atoms with Gasteiger partial charge in [-0.15, -0.1) is 6.42 Å². The van der Waals surface area contributed by atoms with Crippen molar-refractivity contribution in [1.82, 2.24) is 5.32 Å². The normalized spacial score (nSPS) is 26.6. The van der Waals surface area contributed by atoms with E-state index in [4.69, 9.17) is 6.42 Å². The average molecular weight is 235 g/mol. The maximum atomic E-state index is 5.53. The Labute approximate surface area is 108 Å². The summed E-state index contributed by atoms with van der Waals surface area (Å²) >= 11 is 0. The van der Waals surface area contributed by atoms with Crippen molar-refractivity contribution in [3.63, 3.8) is 0 Å². The molecule has 0 aromatic carbocycles. The molecule has 0 aliphatic heterocycles. The van der Waals surface area contributed by atoms with Gasteiger partial charge in [-0.2, -0.15) is 0 Å². The van der Waals surface area contributed by atoms with Gasteiger partial charge >= 0.3 is 0 Å². The third-order valence-corrected chi connectivity index (χ3v) is 4.67. The van der Waals surface area contributed by atoms with Gasteiger partial charge in [0.1, 0.15) is 0 Å². The van der Waals surface area contributed by atoms with Crippen LogP contribution in [0.3, 0.4) is 0 Å². The Morgan fingerprint density at radius 3 is 2.06 bits per heavy atom. The smallest absolute Gasteiger partial charge is 0.0743 e. The van der Waals surface area contributed by atoms with Gasteiger partial charge in [0.2, 0.25) is 0 Å². The van der Waals surface area contributed by atoms with Crippen LogP contribution in [0.15, 0.2) is 0 Å². The second-order valence-corrected chi connectivity index (χ2v) is 6.80. The second-order valence-electron chi connectivity index (χ2n) is 6.80. The maximum absolute atomic E-state index is 5.53. The summed E-state index contributed by atoms with van der Waals surface area (Å²) in [5.41, 5.74) is 0.352. The number of hydrogen-bond acceptors (Lipinski definition) is 1. The fraction of sp³-hybridized carbons (Fsp3) is 0.875. The molecule has 0 aromatic heterocycles. The highest BCUT2D eigenvalue weighted by molar-refractivity contribution is 5.08. The average Bonchev–Trinajstić information content (AvgIpc) is 2.29. The molecule has 0 amide bonds. The van der Waals surface area contributed by atoms with E-state index in [0.717, 1.165) is 5.92 Å². The van der Waals surface area contributed by atoms with Crippen LogP contribution in [0.5, 0.6) is 0 Å². The molecule has 1 nitrogen and oxygen atoms in total. The van der Waals surface area contributed by atoms with E-state index < -0.39 is 0 Å². The van der Waals surface area contributed by atoms with Crippen LogP contribution in [0.25, 0.3) is 0 Å². The van der Waals surface area contributed by atoms with Crippen LogP contribution in [0, 0.1) is 23.7 Å². The van der Waals surface area contributed by atoms with Crippen molar-refractivity contribution in [2.45, 2.75) is 78.3 Å². The zero-order valence-corrected chi connectivity index (χ0v) is 12.3. The van der Waals surface area contributed by atoms with Crippen LogP contribution in [0.4, 0.5) is 0 Å². The predicted octanol–water partition coefficient (Wildman–Crippen LogP) is 3.98. The molecule has 0 atom stereocenters. The molecule has 0 bridgehead atoms. The first-order chi connectivity index (χ1) is 7.80. The molecule has 1 aliphatic rings. The molecule has 1 N–H and O–H groups in total. The Morgan fingerprint density at radius 2 is 1.65 bits per heavy atom. The summed E-state index contributed by atoms with van der Waals surface area (Å²) in [7, 11) is 0. The van der Waals surface area contributed by atoms with Crippen molar-refractivity contribution in [3.05, 3.63) is 0 Å². The molecule has 98 valence electrons. The van der Waals surface area contributed by atoms with Gasteiger partial charge in [-0.3, -0.25) is 5.32 Å². The largest absolute Gasteiger partial charge is 0.299 e.